The Balaban J connectivity index is 1.77. The van der Waals surface area contributed by atoms with Gasteiger partial charge in [0.05, 0.1) is 11.4 Å². The molecule has 0 saturated carbocycles. The Bertz CT molecular complexity index is 1540. The fourth-order valence-electron chi connectivity index (χ4n) is 4.72. The zero-order valence-corrected chi connectivity index (χ0v) is 25.7. The number of sulfonamides is 1. The minimum absolute atomic E-state index is 0.132. The van der Waals surface area contributed by atoms with Crippen molar-refractivity contribution in [1.29, 1.82) is 0 Å². The van der Waals surface area contributed by atoms with Crippen molar-refractivity contribution in [2.24, 2.45) is 0 Å². The summed E-state index contributed by atoms with van der Waals surface area (Å²) in [5.41, 5.74) is 0.570. The number of hydrogen-bond acceptors (Lipinski definition) is 6. The molecule has 2 amide bonds. The molecule has 0 radical (unpaired) electrons. The van der Waals surface area contributed by atoms with E-state index in [0.29, 0.717) is 24.7 Å². The molecule has 0 aliphatic carbocycles. The Morgan fingerprint density at radius 3 is 2.26 bits per heavy atom. The van der Waals surface area contributed by atoms with Crippen LogP contribution in [-0.4, -0.2) is 62.2 Å². The maximum atomic E-state index is 14.9. The summed E-state index contributed by atoms with van der Waals surface area (Å²) in [5.74, 6) is -1.09. The molecule has 0 aromatic heterocycles. The number of anilines is 1. The second-order valence-corrected chi connectivity index (χ2v) is 13.5. The predicted octanol–water partition coefficient (Wildman–Crippen LogP) is 4.31. The van der Waals surface area contributed by atoms with E-state index in [1.54, 1.807) is 18.2 Å². The molecule has 0 saturated heterocycles. The maximum Gasteiger partial charge on any atom is 0.244 e. The Kier molecular flexibility index (Phi) is 9.95. The van der Waals surface area contributed by atoms with E-state index in [-0.39, 0.29) is 30.0 Å². The number of amides is 2. The van der Waals surface area contributed by atoms with Gasteiger partial charge in [-0.25, -0.2) is 12.8 Å². The van der Waals surface area contributed by atoms with Gasteiger partial charge in [0.2, 0.25) is 21.8 Å². The number of hydrogen-bond donors (Lipinski definition) is 1. The van der Waals surface area contributed by atoms with E-state index in [1.165, 1.54) is 36.1 Å². The van der Waals surface area contributed by atoms with Crippen LogP contribution in [0.4, 0.5) is 10.1 Å². The van der Waals surface area contributed by atoms with Gasteiger partial charge >= 0.3 is 0 Å². The first-order chi connectivity index (χ1) is 20.4. The molecule has 3 aromatic carbocycles. The molecule has 0 fully saturated rings. The van der Waals surface area contributed by atoms with E-state index in [9.17, 15) is 22.4 Å². The van der Waals surface area contributed by atoms with Crippen molar-refractivity contribution < 1.29 is 31.9 Å². The van der Waals surface area contributed by atoms with Crippen molar-refractivity contribution in [3.8, 4) is 11.5 Å². The lowest BCUT2D eigenvalue weighted by Gasteiger charge is -2.35. The van der Waals surface area contributed by atoms with E-state index in [4.69, 9.17) is 9.47 Å². The molecule has 9 nitrogen and oxygen atoms in total. The molecule has 0 spiro atoms. The average Bonchev–Trinajstić information content (AvgIpc) is 2.97. The second-order valence-electron chi connectivity index (χ2n) is 11.3. The van der Waals surface area contributed by atoms with E-state index >= 15 is 0 Å². The number of nitrogens with one attached hydrogen (secondary N) is 1. The van der Waals surface area contributed by atoms with Crippen LogP contribution in [-0.2, 0) is 32.6 Å². The summed E-state index contributed by atoms with van der Waals surface area (Å²) in [5, 5.41) is 2.95. The third-order valence-electron chi connectivity index (χ3n) is 6.86. The number of benzene rings is 3. The van der Waals surface area contributed by atoms with Crippen molar-refractivity contribution in [2.45, 2.75) is 52.2 Å². The van der Waals surface area contributed by atoms with Crippen LogP contribution >= 0.6 is 0 Å². The van der Waals surface area contributed by atoms with Crippen LogP contribution in [0.2, 0.25) is 0 Å². The predicted molar refractivity (Wildman–Crippen MR) is 163 cm³/mol. The van der Waals surface area contributed by atoms with Crippen molar-refractivity contribution >= 4 is 27.5 Å². The lowest BCUT2D eigenvalue weighted by Crippen LogP contribution is -2.56. The van der Waals surface area contributed by atoms with Crippen LogP contribution < -0.4 is 19.1 Å². The molecule has 1 aliphatic rings. The van der Waals surface area contributed by atoms with Crippen LogP contribution in [0.3, 0.4) is 0 Å². The maximum absolute atomic E-state index is 14.9. The van der Waals surface area contributed by atoms with Gasteiger partial charge in [0.25, 0.3) is 0 Å². The van der Waals surface area contributed by atoms with Gasteiger partial charge in [-0.3, -0.25) is 13.9 Å². The highest BCUT2D eigenvalue weighted by Gasteiger charge is 2.35. The fraction of sp³-hybridized carbons (Fsp3) is 0.375. The van der Waals surface area contributed by atoms with E-state index in [1.807, 2.05) is 51.1 Å². The molecule has 1 atom stereocenters. The summed E-state index contributed by atoms with van der Waals surface area (Å²) in [6.45, 7) is 6.76. The number of carbonyl (C=O) groups excluding carboxylic acids is 2. The molecule has 11 heteroatoms. The normalized spacial score (nSPS) is 13.6. The number of carbonyl (C=O) groups is 2. The standard InChI is InChI=1S/C32H38FN3O6S/c1-5-43(39,40)36(25-15-16-28-29(20-25)42-18-17-41-28)22-30(37)35(21-24-13-9-10-14-26(24)33)27(31(38)34-32(2,3)4)19-23-11-7-6-8-12-23/h6-16,20,27H,5,17-19,21-22H2,1-4H3,(H,34,38)/t27-/m1/s1. The van der Waals surface area contributed by atoms with Gasteiger partial charge in [-0.15, -0.1) is 0 Å². The number of rotatable bonds is 11. The summed E-state index contributed by atoms with van der Waals surface area (Å²) in [7, 11) is -3.97. The molecule has 4 rings (SSSR count). The van der Waals surface area contributed by atoms with Gasteiger partial charge in [-0.2, -0.15) is 0 Å². The number of halogens is 1. The summed E-state index contributed by atoms with van der Waals surface area (Å²) >= 11 is 0. The minimum Gasteiger partial charge on any atom is -0.486 e. The highest BCUT2D eigenvalue weighted by Crippen LogP contribution is 2.35. The van der Waals surface area contributed by atoms with Crippen LogP contribution in [0.25, 0.3) is 0 Å². The Morgan fingerprint density at radius 1 is 0.953 bits per heavy atom. The zero-order valence-electron chi connectivity index (χ0n) is 24.9. The van der Waals surface area contributed by atoms with Gasteiger partial charge in [-0.1, -0.05) is 48.5 Å². The first-order valence-corrected chi connectivity index (χ1v) is 15.8. The summed E-state index contributed by atoms with van der Waals surface area (Å²) in [6.07, 6.45) is 0.132. The third-order valence-corrected chi connectivity index (χ3v) is 8.60. The lowest BCUT2D eigenvalue weighted by atomic mass is 10.0. The van der Waals surface area contributed by atoms with Gasteiger partial charge in [-0.05, 0) is 51.5 Å². The van der Waals surface area contributed by atoms with Crippen molar-refractivity contribution in [3.05, 3.63) is 89.7 Å². The third kappa shape index (κ3) is 8.25. The highest BCUT2D eigenvalue weighted by atomic mass is 32.2. The van der Waals surface area contributed by atoms with E-state index in [0.717, 1.165) is 9.87 Å². The zero-order chi connectivity index (χ0) is 31.2. The van der Waals surface area contributed by atoms with Crippen LogP contribution in [0.5, 0.6) is 11.5 Å². The van der Waals surface area contributed by atoms with Crippen LogP contribution in [0, 0.1) is 5.82 Å². The molecule has 43 heavy (non-hydrogen) atoms. The monoisotopic (exact) mass is 611 g/mol. The van der Waals surface area contributed by atoms with E-state index in [2.05, 4.69) is 5.32 Å². The first-order valence-electron chi connectivity index (χ1n) is 14.2. The quantitative estimate of drug-likeness (QED) is 0.347. The molecule has 0 bridgehead atoms. The molecule has 3 aromatic rings. The molecule has 1 aliphatic heterocycles. The number of nitrogens with zero attached hydrogens (tertiary/aromatic N) is 2. The summed E-state index contributed by atoms with van der Waals surface area (Å²) in [4.78, 5) is 29.3. The summed E-state index contributed by atoms with van der Waals surface area (Å²) in [6, 6.07) is 18.8. The van der Waals surface area contributed by atoms with Crippen LogP contribution in [0.1, 0.15) is 38.8 Å². The van der Waals surface area contributed by atoms with Gasteiger partial charge < -0.3 is 19.7 Å². The topological polar surface area (TPSA) is 105 Å². The Labute approximate surface area is 252 Å². The molecule has 1 heterocycles. The van der Waals surface area contributed by atoms with Crippen LogP contribution in [0.15, 0.2) is 72.8 Å². The van der Waals surface area contributed by atoms with Crippen molar-refractivity contribution in [1.82, 2.24) is 10.2 Å². The highest BCUT2D eigenvalue weighted by molar-refractivity contribution is 7.92. The molecular weight excluding hydrogens is 573 g/mol. The first kappa shape index (κ1) is 31.8. The number of fused-ring (bicyclic) bond motifs is 1. The van der Waals surface area contributed by atoms with E-state index < -0.39 is 45.8 Å². The SMILES string of the molecule is CCS(=O)(=O)N(CC(=O)N(Cc1ccccc1F)[C@H](Cc1ccccc1)C(=O)NC(C)(C)C)c1ccc2c(c1)OCCO2. The second kappa shape index (κ2) is 13.5. The minimum atomic E-state index is -3.97. The molecule has 0 unspecified atom stereocenters. The molecule has 1 N–H and O–H groups in total. The number of ether oxygens (including phenoxy) is 2. The molecular formula is C32H38FN3O6S. The van der Waals surface area contributed by atoms with Crippen molar-refractivity contribution in [3.63, 3.8) is 0 Å². The summed E-state index contributed by atoms with van der Waals surface area (Å²) < 4.78 is 53.9. The largest absolute Gasteiger partial charge is 0.486 e. The average molecular weight is 612 g/mol. The fourth-order valence-corrected chi connectivity index (χ4v) is 5.78. The van der Waals surface area contributed by atoms with Gasteiger partial charge in [0, 0.05) is 30.1 Å². The smallest absolute Gasteiger partial charge is 0.244 e. The van der Waals surface area contributed by atoms with Gasteiger partial charge in [0.15, 0.2) is 11.5 Å². The molecule has 230 valence electrons. The lowest BCUT2D eigenvalue weighted by molar-refractivity contribution is -0.140. The Morgan fingerprint density at radius 2 is 1.60 bits per heavy atom. The van der Waals surface area contributed by atoms with Crippen molar-refractivity contribution in [2.75, 3.05) is 29.8 Å². The van der Waals surface area contributed by atoms with Gasteiger partial charge in [0.1, 0.15) is 31.6 Å². The Hall–Kier alpha value is -4.12.